The summed E-state index contributed by atoms with van der Waals surface area (Å²) in [6.45, 7) is 20.4. The van der Waals surface area contributed by atoms with E-state index in [0.29, 0.717) is 5.38 Å². The minimum absolute atomic E-state index is 0.421. The molecular weight excluding hydrogens is 332 g/mol. The molecule has 0 aliphatic heterocycles. The van der Waals surface area contributed by atoms with Gasteiger partial charge in [-0.05, 0) is 40.0 Å². The summed E-state index contributed by atoms with van der Waals surface area (Å²) in [6.07, 6.45) is 0. The highest BCUT2D eigenvalue weighted by Gasteiger charge is 2.52. The molecule has 0 unspecified atom stereocenters. The highest BCUT2D eigenvalue weighted by molar-refractivity contribution is 6.80. The Hall–Kier alpha value is -0.229. The van der Waals surface area contributed by atoms with Crippen LogP contribution >= 0.6 is 0 Å². The molecule has 0 aromatic carbocycles. The van der Waals surface area contributed by atoms with Crippen LogP contribution < -0.4 is 0 Å². The van der Waals surface area contributed by atoms with Crippen LogP contribution in [0.15, 0.2) is 24.2 Å². The van der Waals surface area contributed by atoms with E-state index in [0.717, 1.165) is 0 Å². The van der Waals surface area contributed by atoms with Gasteiger partial charge in [0.2, 0.25) is 8.32 Å². The molecule has 0 aliphatic rings. The molecule has 0 radical (unpaired) electrons. The molecule has 0 aliphatic carbocycles. The molecule has 0 rings (SSSR count). The van der Waals surface area contributed by atoms with Gasteiger partial charge in [-0.15, -0.1) is 6.58 Å². The molecule has 0 saturated heterocycles. The number of rotatable bonds is 10. The van der Waals surface area contributed by atoms with Crippen molar-refractivity contribution in [2.75, 3.05) is 21.3 Å². The average Bonchev–Trinajstić information content (AvgIpc) is 2.39. The molecule has 0 aromatic rings. The first-order valence-corrected chi connectivity index (χ1v) is 14.8. The fraction of sp³-hybridized carbons (Fsp3) is 0.714. The molecule has 0 saturated carbocycles. The molecule has 0 aromatic heterocycles. The van der Waals surface area contributed by atoms with Crippen LogP contribution in [0.2, 0.25) is 26.2 Å². The van der Waals surface area contributed by atoms with E-state index in [1.165, 1.54) is 21.3 Å². The first kappa shape index (κ1) is 21.8. The van der Waals surface area contributed by atoms with Crippen LogP contribution in [0.3, 0.4) is 0 Å². The second-order valence-electron chi connectivity index (χ2n) is 6.62. The quantitative estimate of drug-likeness (QED) is 0.439. The average molecular weight is 365 g/mol. The van der Waals surface area contributed by atoms with Crippen molar-refractivity contribution < 1.29 is 22.1 Å². The van der Waals surface area contributed by atoms with Crippen molar-refractivity contribution in [2.24, 2.45) is 0 Å². The molecule has 0 amide bonds. The van der Waals surface area contributed by atoms with Crippen molar-refractivity contribution in [1.82, 2.24) is 0 Å². The zero-order valence-corrected chi connectivity index (χ0v) is 18.5. The van der Waals surface area contributed by atoms with E-state index < -0.39 is 30.7 Å². The highest BCUT2D eigenvalue weighted by Crippen LogP contribution is 2.32. The van der Waals surface area contributed by atoms with Crippen molar-refractivity contribution in [3.8, 4) is 0 Å². The lowest BCUT2D eigenvalue weighted by Crippen LogP contribution is -2.60. The third-order valence-electron chi connectivity index (χ3n) is 3.99. The molecule has 22 heavy (non-hydrogen) atoms. The molecular formula is C14H32O5Si3. The number of hydrogen-bond donors (Lipinski definition) is 0. The predicted octanol–water partition coefficient (Wildman–Crippen LogP) is 3.40. The Bertz CT molecular complexity index is 395. The fourth-order valence-corrected chi connectivity index (χ4v) is 8.39. The topological polar surface area (TPSA) is 46.2 Å². The summed E-state index contributed by atoms with van der Waals surface area (Å²) >= 11 is 0. The minimum Gasteiger partial charge on any atom is -0.542 e. The van der Waals surface area contributed by atoms with Gasteiger partial charge in [0.25, 0.3) is 8.32 Å². The molecule has 0 bridgehead atoms. The Morgan fingerprint density at radius 3 is 1.68 bits per heavy atom. The zero-order valence-electron chi connectivity index (χ0n) is 15.5. The number of hydrogen-bond acceptors (Lipinski definition) is 5. The van der Waals surface area contributed by atoms with E-state index in [1.807, 2.05) is 5.70 Å². The lowest BCUT2D eigenvalue weighted by molar-refractivity contribution is 0.111. The van der Waals surface area contributed by atoms with Crippen molar-refractivity contribution >= 4 is 25.4 Å². The summed E-state index contributed by atoms with van der Waals surface area (Å²) in [5.41, 5.74) is 1.92. The van der Waals surface area contributed by atoms with Crippen molar-refractivity contribution in [3.63, 3.8) is 0 Å². The Morgan fingerprint density at radius 1 is 0.955 bits per heavy atom. The summed E-state index contributed by atoms with van der Waals surface area (Å²) < 4.78 is 28.9. The van der Waals surface area contributed by atoms with Gasteiger partial charge in [-0.3, -0.25) is 0 Å². The summed E-state index contributed by atoms with van der Waals surface area (Å²) in [5.74, 6) is 0. The normalized spacial score (nSPS) is 13.9. The Kier molecular flexibility index (Phi) is 7.48. The molecule has 0 fully saturated rings. The predicted molar refractivity (Wildman–Crippen MR) is 97.3 cm³/mol. The van der Waals surface area contributed by atoms with Crippen LogP contribution in [0.1, 0.15) is 13.8 Å². The summed E-state index contributed by atoms with van der Waals surface area (Å²) in [5, 5.41) is 0.00120. The minimum atomic E-state index is -3.02. The molecule has 0 spiro atoms. The highest BCUT2D eigenvalue weighted by atomic mass is 28.4. The van der Waals surface area contributed by atoms with Crippen LogP contribution in [-0.4, -0.2) is 52.0 Å². The van der Waals surface area contributed by atoms with Gasteiger partial charge < -0.3 is 22.1 Å². The second-order valence-corrected chi connectivity index (χ2v) is 17.8. The second kappa shape index (κ2) is 7.56. The van der Waals surface area contributed by atoms with Gasteiger partial charge in [-0.25, -0.2) is 0 Å². The van der Waals surface area contributed by atoms with Crippen molar-refractivity contribution in [2.45, 2.75) is 45.3 Å². The van der Waals surface area contributed by atoms with Crippen LogP contribution in [0, 0.1) is 0 Å². The van der Waals surface area contributed by atoms with E-state index in [9.17, 15) is 0 Å². The van der Waals surface area contributed by atoms with Crippen LogP contribution in [-0.2, 0) is 22.1 Å². The van der Waals surface area contributed by atoms with E-state index in [4.69, 9.17) is 22.1 Å². The third-order valence-corrected chi connectivity index (χ3v) is 12.6. The van der Waals surface area contributed by atoms with Crippen LogP contribution in [0.4, 0.5) is 0 Å². The molecule has 130 valence electrons. The van der Waals surface area contributed by atoms with Crippen LogP contribution in [0.25, 0.3) is 0 Å². The van der Waals surface area contributed by atoms with E-state index >= 15 is 0 Å². The maximum Gasteiger partial charge on any atom is 0.570 e. The Balaban J connectivity index is 5.32. The van der Waals surface area contributed by atoms with E-state index in [2.05, 4.69) is 53.2 Å². The summed E-state index contributed by atoms with van der Waals surface area (Å²) in [4.78, 5) is 0. The van der Waals surface area contributed by atoms with Gasteiger partial charge in [0.1, 0.15) is 5.38 Å². The van der Waals surface area contributed by atoms with Gasteiger partial charge >= 0.3 is 8.80 Å². The SMILES string of the molecule is C=C[Si](C)(C)OC(C)(C)[Si](C)(C)OC(=C)[Si](OC)(OC)OC. The summed E-state index contributed by atoms with van der Waals surface area (Å²) in [6, 6.07) is 0. The van der Waals surface area contributed by atoms with Gasteiger partial charge in [0.15, 0.2) is 0 Å². The maximum absolute atomic E-state index is 6.36. The third kappa shape index (κ3) is 4.88. The molecule has 0 atom stereocenters. The first-order chi connectivity index (χ1) is 9.83. The van der Waals surface area contributed by atoms with Gasteiger partial charge in [-0.2, -0.15) is 0 Å². The molecule has 8 heteroatoms. The first-order valence-electron chi connectivity index (χ1n) is 7.20. The van der Waals surface area contributed by atoms with E-state index in [-0.39, 0.29) is 0 Å². The fourth-order valence-electron chi connectivity index (χ4n) is 1.91. The Morgan fingerprint density at radius 2 is 1.36 bits per heavy atom. The van der Waals surface area contributed by atoms with Crippen molar-refractivity contribution in [3.05, 3.63) is 24.2 Å². The van der Waals surface area contributed by atoms with E-state index in [1.54, 1.807) is 0 Å². The van der Waals surface area contributed by atoms with Crippen LogP contribution in [0.5, 0.6) is 0 Å². The van der Waals surface area contributed by atoms with Gasteiger partial charge in [-0.1, -0.05) is 12.3 Å². The largest absolute Gasteiger partial charge is 0.570 e. The molecule has 0 N–H and O–H groups in total. The lowest BCUT2D eigenvalue weighted by Gasteiger charge is -2.44. The standard InChI is InChI=1S/C14H32O5Si3/c1-12-20(8,9)19-14(3,4)21(10,11)18-13(2)22(15-5,16-6)17-7/h12H,1-2H2,3-11H3. The monoisotopic (exact) mass is 364 g/mol. The molecule has 5 nitrogen and oxygen atoms in total. The Labute approximate surface area is 138 Å². The van der Waals surface area contributed by atoms with Gasteiger partial charge in [0.05, 0.1) is 5.22 Å². The zero-order chi connectivity index (χ0) is 17.8. The lowest BCUT2D eigenvalue weighted by atomic mass is 10.5. The van der Waals surface area contributed by atoms with Gasteiger partial charge in [0, 0.05) is 21.3 Å². The maximum atomic E-state index is 6.36. The molecule has 0 heterocycles. The van der Waals surface area contributed by atoms with Crippen molar-refractivity contribution in [1.29, 1.82) is 0 Å². The smallest absolute Gasteiger partial charge is 0.542 e. The summed E-state index contributed by atoms with van der Waals surface area (Å²) in [7, 11) is -2.66.